The fourth-order valence-corrected chi connectivity index (χ4v) is 2.21. The lowest BCUT2D eigenvalue weighted by atomic mass is 10.0. The first-order chi connectivity index (χ1) is 4.43. The second-order valence-electron chi connectivity index (χ2n) is 2.56. The van der Waals surface area contributed by atoms with Crippen LogP contribution in [0.1, 0.15) is 32.1 Å². The number of rotatable bonds is 2. The smallest absolute Gasteiger partial charge is 0.00882 e. The van der Waals surface area contributed by atoms with Crippen LogP contribution < -0.4 is 0 Å². The van der Waals surface area contributed by atoms with Crippen molar-refractivity contribution < 1.29 is 0 Å². The number of hydrogen-bond donors (Lipinski definition) is 0. The maximum absolute atomic E-state index is 3.72. The van der Waals surface area contributed by atoms with Gasteiger partial charge < -0.3 is 0 Å². The molecular weight excluding hydrogens is 128 g/mol. The molecule has 0 N–H and O–H groups in total. The highest BCUT2D eigenvalue weighted by Crippen LogP contribution is 2.28. The van der Waals surface area contributed by atoms with Crippen molar-refractivity contribution in [2.45, 2.75) is 37.4 Å². The van der Waals surface area contributed by atoms with E-state index in [4.69, 9.17) is 0 Å². The van der Waals surface area contributed by atoms with E-state index in [1.165, 1.54) is 32.1 Å². The van der Waals surface area contributed by atoms with Gasteiger partial charge in [0.1, 0.15) is 0 Å². The van der Waals surface area contributed by atoms with Crippen molar-refractivity contribution >= 4 is 11.8 Å². The number of hydrogen-bond acceptors (Lipinski definition) is 1. The quantitative estimate of drug-likeness (QED) is 0.570. The molecule has 9 heavy (non-hydrogen) atoms. The van der Waals surface area contributed by atoms with E-state index in [1.54, 1.807) is 0 Å². The Morgan fingerprint density at radius 1 is 1.22 bits per heavy atom. The van der Waals surface area contributed by atoms with Crippen LogP contribution in [-0.2, 0) is 0 Å². The van der Waals surface area contributed by atoms with Gasteiger partial charge in [0.15, 0.2) is 0 Å². The Balaban J connectivity index is 2.15. The first kappa shape index (κ1) is 7.20. The summed E-state index contributed by atoms with van der Waals surface area (Å²) in [5.74, 6) is 0. The zero-order valence-corrected chi connectivity index (χ0v) is 6.62. The molecule has 1 aliphatic rings. The maximum Gasteiger partial charge on any atom is 0.00882 e. The van der Waals surface area contributed by atoms with Crippen LogP contribution in [0.15, 0.2) is 12.0 Å². The SMILES string of the molecule is C=CSC1CCCCC1. The molecule has 0 aromatic heterocycles. The molecule has 1 saturated carbocycles. The molecule has 0 atom stereocenters. The lowest BCUT2D eigenvalue weighted by Gasteiger charge is -2.18. The molecule has 52 valence electrons. The van der Waals surface area contributed by atoms with Crippen LogP contribution in [-0.4, -0.2) is 5.25 Å². The first-order valence-corrected chi connectivity index (χ1v) is 4.64. The molecule has 1 rings (SSSR count). The molecule has 0 saturated heterocycles. The van der Waals surface area contributed by atoms with Crippen LogP contribution >= 0.6 is 11.8 Å². The summed E-state index contributed by atoms with van der Waals surface area (Å²) in [4.78, 5) is 0. The summed E-state index contributed by atoms with van der Waals surface area (Å²) >= 11 is 1.92. The molecular formula is C8H14S. The minimum Gasteiger partial charge on any atom is -0.131 e. The maximum atomic E-state index is 3.72. The monoisotopic (exact) mass is 142 g/mol. The molecule has 0 radical (unpaired) electrons. The Bertz CT molecular complexity index is 82.6. The van der Waals surface area contributed by atoms with E-state index in [1.807, 2.05) is 17.2 Å². The Hall–Kier alpha value is 0.0900. The Morgan fingerprint density at radius 3 is 2.44 bits per heavy atom. The summed E-state index contributed by atoms with van der Waals surface area (Å²) in [6, 6.07) is 0. The lowest BCUT2D eigenvalue weighted by molar-refractivity contribution is 0.517. The van der Waals surface area contributed by atoms with E-state index in [2.05, 4.69) is 6.58 Å². The lowest BCUT2D eigenvalue weighted by Crippen LogP contribution is -2.06. The van der Waals surface area contributed by atoms with Gasteiger partial charge in [0.2, 0.25) is 0 Å². The molecule has 0 heterocycles. The predicted octanol–water partition coefficient (Wildman–Crippen LogP) is 3.20. The van der Waals surface area contributed by atoms with Crippen LogP contribution in [0.5, 0.6) is 0 Å². The molecule has 0 aromatic carbocycles. The Morgan fingerprint density at radius 2 is 1.89 bits per heavy atom. The van der Waals surface area contributed by atoms with Crippen molar-refractivity contribution in [3.05, 3.63) is 12.0 Å². The molecule has 0 spiro atoms. The predicted molar refractivity (Wildman–Crippen MR) is 44.7 cm³/mol. The third-order valence-electron chi connectivity index (χ3n) is 1.84. The van der Waals surface area contributed by atoms with Gasteiger partial charge in [0.25, 0.3) is 0 Å². The fourth-order valence-electron chi connectivity index (χ4n) is 1.34. The van der Waals surface area contributed by atoms with E-state index in [9.17, 15) is 0 Å². The second-order valence-corrected chi connectivity index (χ2v) is 3.83. The third kappa shape index (κ3) is 2.44. The van der Waals surface area contributed by atoms with Crippen LogP contribution in [0.2, 0.25) is 0 Å². The normalized spacial score (nSPS) is 21.8. The highest BCUT2D eigenvalue weighted by molar-refractivity contribution is 8.02. The van der Waals surface area contributed by atoms with E-state index < -0.39 is 0 Å². The van der Waals surface area contributed by atoms with Gasteiger partial charge in [-0.25, -0.2) is 0 Å². The van der Waals surface area contributed by atoms with Gasteiger partial charge in [-0.2, -0.15) is 0 Å². The van der Waals surface area contributed by atoms with Gasteiger partial charge in [-0.3, -0.25) is 0 Å². The second kappa shape index (κ2) is 3.99. The fraction of sp³-hybridized carbons (Fsp3) is 0.750. The highest BCUT2D eigenvalue weighted by Gasteiger charge is 2.11. The summed E-state index contributed by atoms with van der Waals surface area (Å²) in [5, 5.41) is 2.88. The first-order valence-electron chi connectivity index (χ1n) is 3.70. The number of thioether (sulfide) groups is 1. The molecule has 0 aromatic rings. The van der Waals surface area contributed by atoms with Crippen molar-refractivity contribution in [3.8, 4) is 0 Å². The van der Waals surface area contributed by atoms with Crippen LogP contribution in [0, 0.1) is 0 Å². The third-order valence-corrected chi connectivity index (χ3v) is 2.89. The molecule has 1 fully saturated rings. The largest absolute Gasteiger partial charge is 0.131 e. The Labute approximate surface area is 61.7 Å². The van der Waals surface area contributed by atoms with E-state index in [-0.39, 0.29) is 0 Å². The van der Waals surface area contributed by atoms with Crippen molar-refractivity contribution in [2.24, 2.45) is 0 Å². The minimum atomic E-state index is 0.899. The van der Waals surface area contributed by atoms with Gasteiger partial charge in [-0.1, -0.05) is 25.8 Å². The van der Waals surface area contributed by atoms with Gasteiger partial charge in [0, 0.05) is 5.25 Å². The molecule has 0 nitrogen and oxygen atoms in total. The average Bonchev–Trinajstić information content (AvgIpc) is 1.91. The van der Waals surface area contributed by atoms with Gasteiger partial charge >= 0.3 is 0 Å². The van der Waals surface area contributed by atoms with E-state index in [0.29, 0.717) is 0 Å². The summed E-state index contributed by atoms with van der Waals surface area (Å²) in [7, 11) is 0. The molecule has 0 bridgehead atoms. The zero-order valence-electron chi connectivity index (χ0n) is 5.81. The molecule has 1 aliphatic carbocycles. The zero-order chi connectivity index (χ0) is 6.53. The summed E-state index contributed by atoms with van der Waals surface area (Å²) in [6.07, 6.45) is 7.15. The molecule has 0 amide bonds. The van der Waals surface area contributed by atoms with Crippen LogP contribution in [0.25, 0.3) is 0 Å². The van der Waals surface area contributed by atoms with Crippen molar-refractivity contribution in [1.29, 1.82) is 0 Å². The van der Waals surface area contributed by atoms with Gasteiger partial charge in [-0.15, -0.1) is 11.8 Å². The topological polar surface area (TPSA) is 0 Å². The standard InChI is InChI=1S/C8H14S/c1-2-9-8-6-4-3-5-7-8/h2,8H,1,3-7H2. The van der Waals surface area contributed by atoms with Crippen LogP contribution in [0.3, 0.4) is 0 Å². The summed E-state index contributed by atoms with van der Waals surface area (Å²) in [5.41, 5.74) is 0. The molecule has 0 aliphatic heterocycles. The summed E-state index contributed by atoms with van der Waals surface area (Å²) < 4.78 is 0. The van der Waals surface area contributed by atoms with Crippen LogP contribution in [0.4, 0.5) is 0 Å². The highest BCUT2D eigenvalue weighted by atomic mass is 32.2. The van der Waals surface area contributed by atoms with E-state index >= 15 is 0 Å². The van der Waals surface area contributed by atoms with E-state index in [0.717, 1.165) is 5.25 Å². The average molecular weight is 142 g/mol. The molecule has 1 heteroatoms. The Kier molecular flexibility index (Phi) is 3.20. The van der Waals surface area contributed by atoms with Crippen molar-refractivity contribution in [1.82, 2.24) is 0 Å². The molecule has 0 unspecified atom stereocenters. The summed E-state index contributed by atoms with van der Waals surface area (Å²) in [6.45, 7) is 3.72. The van der Waals surface area contributed by atoms with Gasteiger partial charge in [-0.05, 0) is 18.2 Å². The van der Waals surface area contributed by atoms with Crippen molar-refractivity contribution in [2.75, 3.05) is 0 Å². The van der Waals surface area contributed by atoms with Crippen molar-refractivity contribution in [3.63, 3.8) is 0 Å². The minimum absolute atomic E-state index is 0.899. The van der Waals surface area contributed by atoms with Gasteiger partial charge in [0.05, 0.1) is 0 Å².